The third-order valence-electron chi connectivity index (χ3n) is 4.98. The zero-order valence-electron chi connectivity index (χ0n) is 16.5. The van der Waals surface area contributed by atoms with Gasteiger partial charge in [0.1, 0.15) is 6.54 Å². The summed E-state index contributed by atoms with van der Waals surface area (Å²) in [6, 6.07) is 7.76. The summed E-state index contributed by atoms with van der Waals surface area (Å²) in [5.74, 6) is 0.729. The fourth-order valence-electron chi connectivity index (χ4n) is 3.24. The van der Waals surface area contributed by atoms with Crippen LogP contribution in [-0.4, -0.2) is 67.8 Å². The Morgan fingerprint density at radius 2 is 1.93 bits per heavy atom. The van der Waals surface area contributed by atoms with Gasteiger partial charge >= 0.3 is 0 Å². The first kappa shape index (κ1) is 20.8. The van der Waals surface area contributed by atoms with Gasteiger partial charge in [0.25, 0.3) is 5.56 Å². The molecule has 3 rings (SSSR count). The van der Waals surface area contributed by atoms with Crippen molar-refractivity contribution in [2.24, 2.45) is 0 Å². The monoisotopic (exact) mass is 421 g/mol. The van der Waals surface area contributed by atoms with Crippen LogP contribution in [0.2, 0.25) is 0 Å². The predicted molar refractivity (Wildman–Crippen MR) is 107 cm³/mol. The van der Waals surface area contributed by atoms with E-state index in [0.717, 1.165) is 4.68 Å². The van der Waals surface area contributed by atoms with Gasteiger partial charge in [-0.3, -0.25) is 9.59 Å². The Labute approximate surface area is 168 Å². The van der Waals surface area contributed by atoms with Crippen molar-refractivity contribution in [3.63, 3.8) is 0 Å². The minimum Gasteiger partial charge on any atom is -0.493 e. The van der Waals surface area contributed by atoms with Crippen molar-refractivity contribution in [1.82, 2.24) is 14.7 Å². The van der Waals surface area contributed by atoms with Gasteiger partial charge < -0.3 is 14.4 Å². The zero-order chi connectivity index (χ0) is 21.2. The number of likely N-dealkylation sites (N-methyl/N-ethyl adjacent to an activating group) is 1. The number of benzene rings is 1. The average molecular weight is 421 g/mol. The molecule has 9 nitrogen and oxygen atoms in total. The minimum atomic E-state index is -3.11. The number of sulfone groups is 1. The second-order valence-electron chi connectivity index (χ2n) is 6.85. The van der Waals surface area contributed by atoms with Gasteiger partial charge in [-0.05, 0) is 30.7 Å². The highest BCUT2D eigenvalue weighted by Crippen LogP contribution is 2.31. The van der Waals surface area contributed by atoms with E-state index in [-0.39, 0.29) is 30.0 Å². The molecule has 0 unspecified atom stereocenters. The number of methoxy groups -OCH3 is 2. The van der Waals surface area contributed by atoms with Gasteiger partial charge in [-0.2, -0.15) is 5.10 Å². The lowest BCUT2D eigenvalue weighted by atomic mass is 10.1. The van der Waals surface area contributed by atoms with Crippen LogP contribution in [0, 0.1) is 0 Å². The summed E-state index contributed by atoms with van der Waals surface area (Å²) in [6.07, 6.45) is 0.401. The number of amides is 1. The second-order valence-corrected chi connectivity index (χ2v) is 9.07. The summed E-state index contributed by atoms with van der Waals surface area (Å²) in [5, 5.41) is 4.29. The third kappa shape index (κ3) is 4.58. The van der Waals surface area contributed by atoms with Crippen LogP contribution in [0.15, 0.2) is 35.1 Å². The van der Waals surface area contributed by atoms with Gasteiger partial charge in [0.2, 0.25) is 5.91 Å². The lowest BCUT2D eigenvalue weighted by Gasteiger charge is -2.23. The van der Waals surface area contributed by atoms with Crippen LogP contribution >= 0.6 is 0 Å². The van der Waals surface area contributed by atoms with Crippen LogP contribution < -0.4 is 15.0 Å². The molecule has 0 radical (unpaired) electrons. The molecule has 29 heavy (non-hydrogen) atoms. The number of hydrogen-bond acceptors (Lipinski definition) is 7. The van der Waals surface area contributed by atoms with Gasteiger partial charge in [0, 0.05) is 24.7 Å². The fourth-order valence-corrected chi connectivity index (χ4v) is 5.01. The highest BCUT2D eigenvalue weighted by molar-refractivity contribution is 7.91. The summed E-state index contributed by atoms with van der Waals surface area (Å²) in [7, 11) is 1.50. The van der Waals surface area contributed by atoms with Crippen molar-refractivity contribution >= 4 is 15.7 Å². The molecule has 2 aromatic rings. The summed E-state index contributed by atoms with van der Waals surface area (Å²) >= 11 is 0. The first-order chi connectivity index (χ1) is 13.7. The maximum atomic E-state index is 12.6. The molecule has 1 fully saturated rings. The summed E-state index contributed by atoms with van der Waals surface area (Å²) in [4.78, 5) is 26.2. The molecule has 10 heteroatoms. The molecule has 1 atom stereocenters. The van der Waals surface area contributed by atoms with Crippen LogP contribution in [0.5, 0.6) is 11.5 Å². The Kier molecular flexibility index (Phi) is 5.92. The Morgan fingerprint density at radius 3 is 2.55 bits per heavy atom. The molecule has 0 N–H and O–H groups in total. The molecular weight excluding hydrogens is 398 g/mol. The number of hydrogen-bond donors (Lipinski definition) is 0. The highest BCUT2D eigenvalue weighted by atomic mass is 32.2. The quantitative estimate of drug-likeness (QED) is 0.671. The highest BCUT2D eigenvalue weighted by Gasteiger charge is 2.32. The van der Waals surface area contributed by atoms with Crippen molar-refractivity contribution in [3.05, 3.63) is 40.7 Å². The molecule has 1 aromatic heterocycles. The van der Waals surface area contributed by atoms with E-state index in [1.807, 2.05) is 0 Å². The van der Waals surface area contributed by atoms with Gasteiger partial charge in [-0.1, -0.05) is 0 Å². The van der Waals surface area contributed by atoms with E-state index in [4.69, 9.17) is 9.47 Å². The van der Waals surface area contributed by atoms with E-state index in [1.165, 1.54) is 25.2 Å². The van der Waals surface area contributed by atoms with E-state index < -0.39 is 15.4 Å². The zero-order valence-corrected chi connectivity index (χ0v) is 17.3. The molecular formula is C19H23N3O6S. The van der Waals surface area contributed by atoms with Gasteiger partial charge in [-0.15, -0.1) is 0 Å². The molecule has 0 aliphatic carbocycles. The first-order valence-corrected chi connectivity index (χ1v) is 10.8. The second kappa shape index (κ2) is 8.24. The van der Waals surface area contributed by atoms with Crippen molar-refractivity contribution in [3.8, 4) is 22.8 Å². The molecule has 2 heterocycles. The Balaban J connectivity index is 1.82. The lowest BCUT2D eigenvalue weighted by Crippen LogP contribution is -2.41. The van der Waals surface area contributed by atoms with E-state index in [2.05, 4.69) is 5.10 Å². The molecule has 1 aliphatic rings. The fraction of sp³-hybridized carbons (Fsp3) is 0.421. The smallest absolute Gasteiger partial charge is 0.267 e. The average Bonchev–Trinajstić information content (AvgIpc) is 3.08. The Bertz CT molecular complexity index is 1080. The van der Waals surface area contributed by atoms with Crippen LogP contribution in [0.3, 0.4) is 0 Å². The van der Waals surface area contributed by atoms with E-state index in [9.17, 15) is 18.0 Å². The molecule has 1 amide bonds. The number of carbonyl (C=O) groups excluding carboxylic acids is 1. The van der Waals surface area contributed by atoms with Crippen molar-refractivity contribution in [1.29, 1.82) is 0 Å². The largest absolute Gasteiger partial charge is 0.493 e. The first-order valence-electron chi connectivity index (χ1n) is 9.00. The number of aromatic nitrogens is 2. The lowest BCUT2D eigenvalue weighted by molar-refractivity contribution is -0.132. The molecule has 1 aliphatic heterocycles. The molecule has 0 bridgehead atoms. The summed E-state index contributed by atoms with van der Waals surface area (Å²) in [5.41, 5.74) is 0.763. The van der Waals surface area contributed by atoms with Gasteiger partial charge in [0.15, 0.2) is 21.3 Å². The summed E-state index contributed by atoms with van der Waals surface area (Å²) < 4.78 is 34.9. The topological polar surface area (TPSA) is 108 Å². The number of rotatable bonds is 6. The van der Waals surface area contributed by atoms with E-state index >= 15 is 0 Å². The van der Waals surface area contributed by atoms with Crippen LogP contribution in [-0.2, 0) is 21.2 Å². The third-order valence-corrected chi connectivity index (χ3v) is 6.73. The summed E-state index contributed by atoms with van der Waals surface area (Å²) in [6.45, 7) is -0.271. The van der Waals surface area contributed by atoms with Crippen molar-refractivity contribution < 1.29 is 22.7 Å². The van der Waals surface area contributed by atoms with Crippen LogP contribution in [0.1, 0.15) is 6.42 Å². The number of nitrogens with zero attached hydrogens (tertiary/aromatic N) is 3. The maximum absolute atomic E-state index is 12.6. The van der Waals surface area contributed by atoms with Gasteiger partial charge in [-0.25, -0.2) is 13.1 Å². The van der Waals surface area contributed by atoms with E-state index in [0.29, 0.717) is 29.2 Å². The standard InChI is InChI=1S/C19H23N3O6S/c1-21(14-8-9-29(25,26)12-14)19(24)11-22-18(23)7-5-15(20-22)13-4-6-16(27-2)17(10-13)28-3/h4-7,10,14H,8-9,11-12H2,1-3H3/t14-/m1/s1. The normalized spacial score (nSPS) is 17.7. The number of carbonyl (C=O) groups is 1. The SMILES string of the molecule is COc1ccc(-c2ccc(=O)n(CC(=O)N(C)[C@@H]3CCS(=O)(=O)C3)n2)cc1OC. The van der Waals surface area contributed by atoms with Gasteiger partial charge in [0.05, 0.1) is 31.4 Å². The molecule has 0 spiro atoms. The molecule has 1 aromatic carbocycles. The molecule has 1 saturated heterocycles. The predicted octanol–water partition coefficient (Wildman–Crippen LogP) is 0.573. The maximum Gasteiger partial charge on any atom is 0.267 e. The Morgan fingerprint density at radius 1 is 1.21 bits per heavy atom. The Hall–Kier alpha value is -2.88. The van der Waals surface area contributed by atoms with Crippen LogP contribution in [0.25, 0.3) is 11.3 Å². The molecule has 156 valence electrons. The van der Waals surface area contributed by atoms with Crippen LogP contribution in [0.4, 0.5) is 0 Å². The molecule has 0 saturated carbocycles. The number of ether oxygens (including phenoxy) is 2. The van der Waals surface area contributed by atoms with E-state index in [1.54, 1.807) is 31.3 Å². The minimum absolute atomic E-state index is 0.0523. The van der Waals surface area contributed by atoms with Crippen molar-refractivity contribution in [2.75, 3.05) is 32.8 Å². The van der Waals surface area contributed by atoms with Crippen molar-refractivity contribution in [2.45, 2.75) is 19.0 Å².